The van der Waals surface area contributed by atoms with E-state index in [4.69, 9.17) is 4.74 Å². The van der Waals surface area contributed by atoms with E-state index in [1.54, 1.807) is 54.5 Å². The Kier molecular flexibility index (Phi) is 3.91. The van der Waals surface area contributed by atoms with Gasteiger partial charge in [-0.05, 0) is 43.3 Å². The number of pyridine rings is 1. The smallest absolute Gasteiger partial charge is 0.338 e. The van der Waals surface area contributed by atoms with E-state index < -0.39 is 6.10 Å². The molecule has 6 nitrogen and oxygen atoms in total. The second-order valence-corrected chi connectivity index (χ2v) is 4.70. The number of esters is 1. The molecule has 6 heteroatoms. The van der Waals surface area contributed by atoms with Crippen LogP contribution in [0.4, 0.5) is 0 Å². The highest BCUT2D eigenvalue weighted by molar-refractivity contribution is 5.89. The van der Waals surface area contributed by atoms with Crippen molar-refractivity contribution in [1.82, 2.24) is 20.0 Å². The lowest BCUT2D eigenvalue weighted by Crippen LogP contribution is -2.10. The third-order valence-corrected chi connectivity index (χ3v) is 3.18. The average molecular weight is 294 g/mol. The fourth-order valence-electron chi connectivity index (χ4n) is 2.00. The van der Waals surface area contributed by atoms with Crippen molar-refractivity contribution in [3.05, 3.63) is 72.3 Å². The highest BCUT2D eigenvalue weighted by Gasteiger charge is 2.14. The molecule has 0 saturated carbocycles. The molecule has 0 aliphatic carbocycles. The topological polar surface area (TPSA) is 69.9 Å². The summed E-state index contributed by atoms with van der Waals surface area (Å²) in [6, 6.07) is 12.5. The van der Waals surface area contributed by atoms with Crippen LogP contribution < -0.4 is 0 Å². The predicted molar refractivity (Wildman–Crippen MR) is 79.4 cm³/mol. The zero-order valence-corrected chi connectivity index (χ0v) is 12.0. The quantitative estimate of drug-likeness (QED) is 0.692. The lowest BCUT2D eigenvalue weighted by molar-refractivity contribution is 0.0329. The largest absolute Gasteiger partial charge is 0.453 e. The van der Waals surface area contributed by atoms with Gasteiger partial charge in [0.25, 0.3) is 0 Å². The first-order valence-corrected chi connectivity index (χ1v) is 6.83. The summed E-state index contributed by atoms with van der Waals surface area (Å²) in [5.41, 5.74) is 2.02. The van der Waals surface area contributed by atoms with Gasteiger partial charge in [0.05, 0.1) is 29.3 Å². The Morgan fingerprint density at radius 2 is 1.95 bits per heavy atom. The molecule has 110 valence electrons. The van der Waals surface area contributed by atoms with Gasteiger partial charge in [-0.25, -0.2) is 9.48 Å². The molecular weight excluding hydrogens is 280 g/mol. The highest BCUT2D eigenvalue weighted by Crippen LogP contribution is 2.17. The van der Waals surface area contributed by atoms with Gasteiger partial charge in [0.15, 0.2) is 0 Å². The second kappa shape index (κ2) is 6.17. The van der Waals surface area contributed by atoms with Crippen LogP contribution in [0.2, 0.25) is 0 Å². The zero-order valence-electron chi connectivity index (χ0n) is 12.0. The fourth-order valence-corrected chi connectivity index (χ4v) is 2.00. The summed E-state index contributed by atoms with van der Waals surface area (Å²) in [5, 5.41) is 7.63. The summed E-state index contributed by atoms with van der Waals surface area (Å²) < 4.78 is 7.03. The Bertz CT molecular complexity index is 740. The van der Waals surface area contributed by atoms with Gasteiger partial charge in [-0.2, -0.15) is 0 Å². The first kappa shape index (κ1) is 13.9. The SMILES string of the molecule is C[C@@H](OC(=O)c1ccc(-n2ccnn2)cc1)c1ccccn1. The summed E-state index contributed by atoms with van der Waals surface area (Å²) in [4.78, 5) is 16.3. The van der Waals surface area contributed by atoms with Crippen molar-refractivity contribution < 1.29 is 9.53 Å². The molecule has 0 fully saturated rings. The van der Waals surface area contributed by atoms with E-state index in [0.29, 0.717) is 5.56 Å². The van der Waals surface area contributed by atoms with Crippen LogP contribution in [0.25, 0.3) is 5.69 Å². The minimum absolute atomic E-state index is 0.386. The van der Waals surface area contributed by atoms with Gasteiger partial charge in [0.1, 0.15) is 6.10 Å². The standard InChI is InChI=1S/C16H14N4O2/c1-12(15-4-2-3-9-17-15)22-16(21)13-5-7-14(8-6-13)20-11-10-18-19-20/h2-12H,1H3/t12-/m1/s1. The molecule has 1 aromatic carbocycles. The third-order valence-electron chi connectivity index (χ3n) is 3.18. The summed E-state index contributed by atoms with van der Waals surface area (Å²) in [5.74, 6) is -0.386. The Morgan fingerprint density at radius 3 is 2.59 bits per heavy atom. The number of carbonyl (C=O) groups excluding carboxylic acids is 1. The summed E-state index contributed by atoms with van der Waals surface area (Å²) >= 11 is 0. The summed E-state index contributed by atoms with van der Waals surface area (Å²) in [7, 11) is 0. The van der Waals surface area contributed by atoms with E-state index in [1.807, 2.05) is 18.2 Å². The molecule has 0 unspecified atom stereocenters. The number of carbonyl (C=O) groups is 1. The maximum absolute atomic E-state index is 12.1. The highest BCUT2D eigenvalue weighted by atomic mass is 16.5. The van der Waals surface area contributed by atoms with E-state index in [9.17, 15) is 4.79 Å². The van der Waals surface area contributed by atoms with Crippen molar-refractivity contribution in [3.63, 3.8) is 0 Å². The van der Waals surface area contributed by atoms with Crippen LogP contribution in [-0.4, -0.2) is 25.9 Å². The molecule has 0 bridgehead atoms. The van der Waals surface area contributed by atoms with Gasteiger partial charge in [-0.15, -0.1) is 5.10 Å². The molecule has 3 rings (SSSR count). The van der Waals surface area contributed by atoms with Crippen LogP contribution >= 0.6 is 0 Å². The second-order valence-electron chi connectivity index (χ2n) is 4.70. The maximum Gasteiger partial charge on any atom is 0.338 e. The molecule has 2 heterocycles. The van der Waals surface area contributed by atoms with Gasteiger partial charge in [0, 0.05) is 6.20 Å². The molecule has 0 saturated heterocycles. The van der Waals surface area contributed by atoms with Gasteiger partial charge >= 0.3 is 5.97 Å². The first-order valence-electron chi connectivity index (χ1n) is 6.83. The molecule has 0 aliphatic heterocycles. The molecule has 0 aliphatic rings. The van der Waals surface area contributed by atoms with Crippen molar-refractivity contribution >= 4 is 5.97 Å². The fraction of sp³-hybridized carbons (Fsp3) is 0.125. The van der Waals surface area contributed by atoms with E-state index in [-0.39, 0.29) is 5.97 Å². The molecule has 0 amide bonds. The Hall–Kier alpha value is -3.02. The van der Waals surface area contributed by atoms with Crippen molar-refractivity contribution in [1.29, 1.82) is 0 Å². The average Bonchev–Trinajstić information content (AvgIpc) is 3.10. The van der Waals surface area contributed by atoms with E-state index >= 15 is 0 Å². The lowest BCUT2D eigenvalue weighted by atomic mass is 10.2. The van der Waals surface area contributed by atoms with Crippen LogP contribution in [0.5, 0.6) is 0 Å². The Labute approximate surface area is 127 Å². The minimum Gasteiger partial charge on any atom is -0.453 e. The molecule has 2 aromatic heterocycles. The molecule has 0 radical (unpaired) electrons. The molecular formula is C16H14N4O2. The van der Waals surface area contributed by atoms with E-state index in [2.05, 4.69) is 15.3 Å². The van der Waals surface area contributed by atoms with Crippen LogP contribution in [0.15, 0.2) is 61.1 Å². The molecule has 0 spiro atoms. The maximum atomic E-state index is 12.1. The number of hydrogen-bond acceptors (Lipinski definition) is 5. The van der Waals surface area contributed by atoms with Crippen molar-refractivity contribution in [2.45, 2.75) is 13.0 Å². The molecule has 0 N–H and O–H groups in total. The number of benzene rings is 1. The molecule has 1 atom stereocenters. The Morgan fingerprint density at radius 1 is 1.14 bits per heavy atom. The van der Waals surface area contributed by atoms with E-state index in [1.165, 1.54) is 0 Å². The van der Waals surface area contributed by atoms with Crippen LogP contribution in [0.1, 0.15) is 29.1 Å². The Balaban J connectivity index is 1.70. The molecule has 22 heavy (non-hydrogen) atoms. The minimum atomic E-state index is -0.399. The first-order chi connectivity index (χ1) is 10.7. The third kappa shape index (κ3) is 3.01. The summed E-state index contributed by atoms with van der Waals surface area (Å²) in [6.07, 6.45) is 4.60. The summed E-state index contributed by atoms with van der Waals surface area (Å²) in [6.45, 7) is 1.80. The van der Waals surface area contributed by atoms with Gasteiger partial charge in [0.2, 0.25) is 0 Å². The van der Waals surface area contributed by atoms with Gasteiger partial charge in [-0.1, -0.05) is 11.3 Å². The number of aromatic nitrogens is 4. The number of ether oxygens (including phenoxy) is 1. The van der Waals surface area contributed by atoms with Crippen LogP contribution in [0, 0.1) is 0 Å². The van der Waals surface area contributed by atoms with Gasteiger partial charge < -0.3 is 4.74 Å². The van der Waals surface area contributed by atoms with Gasteiger partial charge in [-0.3, -0.25) is 4.98 Å². The van der Waals surface area contributed by atoms with Crippen molar-refractivity contribution in [2.24, 2.45) is 0 Å². The van der Waals surface area contributed by atoms with E-state index in [0.717, 1.165) is 11.4 Å². The van der Waals surface area contributed by atoms with Crippen LogP contribution in [-0.2, 0) is 4.74 Å². The van der Waals surface area contributed by atoms with Crippen molar-refractivity contribution in [2.75, 3.05) is 0 Å². The lowest BCUT2D eigenvalue weighted by Gasteiger charge is -2.12. The number of rotatable bonds is 4. The van der Waals surface area contributed by atoms with Crippen molar-refractivity contribution in [3.8, 4) is 5.69 Å². The number of hydrogen-bond donors (Lipinski definition) is 0. The zero-order chi connectivity index (χ0) is 15.4. The predicted octanol–water partition coefficient (Wildman–Crippen LogP) is 2.58. The number of nitrogens with zero attached hydrogens (tertiary/aromatic N) is 4. The normalized spacial score (nSPS) is 11.9. The monoisotopic (exact) mass is 294 g/mol. The van der Waals surface area contributed by atoms with Crippen LogP contribution in [0.3, 0.4) is 0 Å². The molecule has 3 aromatic rings.